The molecule has 1 atom stereocenters. The number of sulfonamides is 1. The molecule has 0 bridgehead atoms. The first kappa shape index (κ1) is 32.2. The summed E-state index contributed by atoms with van der Waals surface area (Å²) in [4.78, 5) is 28.5. The molecule has 0 aliphatic heterocycles. The van der Waals surface area contributed by atoms with Crippen molar-refractivity contribution in [3.05, 3.63) is 87.9 Å². The maximum atomic E-state index is 14.0. The van der Waals surface area contributed by atoms with Crippen LogP contribution in [0, 0.1) is 12.8 Å². The summed E-state index contributed by atoms with van der Waals surface area (Å²) in [5.74, 6) is -0.274. The van der Waals surface area contributed by atoms with Crippen LogP contribution in [0.15, 0.2) is 71.6 Å². The van der Waals surface area contributed by atoms with Crippen LogP contribution >= 0.6 is 23.2 Å². The Kier molecular flexibility index (Phi) is 11.1. The van der Waals surface area contributed by atoms with E-state index in [1.807, 2.05) is 20.8 Å². The number of rotatable bonds is 12. The Morgan fingerprint density at radius 2 is 1.51 bits per heavy atom. The minimum absolute atomic E-state index is 0.0233. The van der Waals surface area contributed by atoms with Crippen molar-refractivity contribution in [2.24, 2.45) is 5.92 Å². The minimum atomic E-state index is -4.18. The molecule has 0 aliphatic carbocycles. The third kappa shape index (κ3) is 8.15. The van der Waals surface area contributed by atoms with Crippen molar-refractivity contribution in [3.63, 3.8) is 0 Å². The van der Waals surface area contributed by atoms with Crippen molar-refractivity contribution in [2.75, 3.05) is 24.5 Å². The number of aryl methyl sites for hydroxylation is 1. The highest BCUT2D eigenvalue weighted by Gasteiger charge is 2.33. The van der Waals surface area contributed by atoms with Gasteiger partial charge in [-0.1, -0.05) is 60.8 Å². The molecule has 41 heavy (non-hydrogen) atoms. The lowest BCUT2D eigenvalue weighted by atomic mass is 10.1. The zero-order valence-electron chi connectivity index (χ0n) is 23.7. The molecule has 3 aromatic carbocycles. The molecule has 11 heteroatoms. The van der Waals surface area contributed by atoms with Crippen molar-refractivity contribution in [1.29, 1.82) is 0 Å². The van der Waals surface area contributed by atoms with E-state index in [2.05, 4.69) is 5.32 Å². The van der Waals surface area contributed by atoms with Gasteiger partial charge in [-0.05, 0) is 68.3 Å². The van der Waals surface area contributed by atoms with Gasteiger partial charge in [0, 0.05) is 28.7 Å². The van der Waals surface area contributed by atoms with Crippen LogP contribution in [0.25, 0.3) is 0 Å². The number of methoxy groups -OCH3 is 1. The van der Waals surface area contributed by atoms with E-state index in [0.717, 1.165) is 9.87 Å². The van der Waals surface area contributed by atoms with Crippen molar-refractivity contribution >= 4 is 50.7 Å². The minimum Gasteiger partial charge on any atom is -0.497 e. The molecule has 0 fully saturated rings. The number of ether oxygens (including phenoxy) is 1. The number of nitrogens with one attached hydrogen (secondary N) is 1. The number of hydrogen-bond acceptors (Lipinski definition) is 5. The number of carbonyl (C=O) groups is 2. The number of anilines is 1. The maximum absolute atomic E-state index is 14.0. The van der Waals surface area contributed by atoms with Gasteiger partial charge in [-0.25, -0.2) is 8.42 Å². The average molecular weight is 621 g/mol. The lowest BCUT2D eigenvalue weighted by Gasteiger charge is -2.32. The summed E-state index contributed by atoms with van der Waals surface area (Å²) < 4.78 is 34.1. The Morgan fingerprint density at radius 1 is 0.927 bits per heavy atom. The van der Waals surface area contributed by atoms with E-state index in [1.54, 1.807) is 61.5 Å². The highest BCUT2D eigenvalue weighted by molar-refractivity contribution is 7.92. The molecular weight excluding hydrogens is 585 g/mol. The van der Waals surface area contributed by atoms with Crippen LogP contribution in [0.1, 0.15) is 31.9 Å². The Balaban J connectivity index is 2.05. The monoisotopic (exact) mass is 619 g/mol. The number of benzene rings is 3. The van der Waals surface area contributed by atoms with Gasteiger partial charge in [0.05, 0.1) is 17.7 Å². The second kappa shape index (κ2) is 14.1. The zero-order chi connectivity index (χ0) is 30.3. The molecule has 220 valence electrons. The molecule has 0 aliphatic rings. The van der Waals surface area contributed by atoms with E-state index in [1.165, 1.54) is 24.1 Å². The summed E-state index contributed by atoms with van der Waals surface area (Å²) in [6.45, 7) is 7.09. The van der Waals surface area contributed by atoms with Crippen LogP contribution in [0.4, 0.5) is 5.69 Å². The molecule has 0 spiro atoms. The van der Waals surface area contributed by atoms with Crippen molar-refractivity contribution in [3.8, 4) is 5.75 Å². The summed E-state index contributed by atoms with van der Waals surface area (Å²) in [7, 11) is -2.68. The first-order valence-electron chi connectivity index (χ1n) is 13.1. The van der Waals surface area contributed by atoms with E-state index in [0.29, 0.717) is 27.9 Å². The Hall–Kier alpha value is -3.27. The summed E-state index contributed by atoms with van der Waals surface area (Å²) in [6.07, 6.45) is 0. The SMILES string of the molecule is COc1ccc(N(CC(=O)N(Cc2c(Cl)cccc2Cl)[C@@H](C)C(=O)NCC(C)C)S(=O)(=O)c2ccc(C)cc2)cc1. The molecule has 2 amide bonds. The van der Waals surface area contributed by atoms with E-state index in [-0.39, 0.29) is 29.0 Å². The van der Waals surface area contributed by atoms with Gasteiger partial charge in [0.1, 0.15) is 18.3 Å². The molecule has 0 radical (unpaired) electrons. The lowest BCUT2D eigenvalue weighted by Crippen LogP contribution is -2.51. The van der Waals surface area contributed by atoms with Crippen LogP contribution in [0.3, 0.4) is 0 Å². The lowest BCUT2D eigenvalue weighted by molar-refractivity contribution is -0.139. The van der Waals surface area contributed by atoms with Crippen molar-refractivity contribution in [2.45, 2.75) is 45.2 Å². The fourth-order valence-electron chi connectivity index (χ4n) is 4.00. The van der Waals surface area contributed by atoms with Crippen LogP contribution in [0.5, 0.6) is 5.75 Å². The molecule has 3 aromatic rings. The predicted octanol–water partition coefficient (Wildman–Crippen LogP) is 5.70. The van der Waals surface area contributed by atoms with Crippen molar-refractivity contribution in [1.82, 2.24) is 10.2 Å². The van der Waals surface area contributed by atoms with Gasteiger partial charge >= 0.3 is 0 Å². The number of hydrogen-bond donors (Lipinski definition) is 1. The van der Waals surface area contributed by atoms with Gasteiger partial charge in [0.25, 0.3) is 10.0 Å². The zero-order valence-corrected chi connectivity index (χ0v) is 26.1. The van der Waals surface area contributed by atoms with E-state index in [4.69, 9.17) is 27.9 Å². The fourth-order valence-corrected chi connectivity index (χ4v) is 5.93. The topological polar surface area (TPSA) is 96.0 Å². The van der Waals surface area contributed by atoms with Crippen molar-refractivity contribution < 1.29 is 22.7 Å². The number of amides is 2. The first-order chi connectivity index (χ1) is 19.3. The summed E-state index contributed by atoms with van der Waals surface area (Å²) in [5, 5.41) is 3.49. The highest BCUT2D eigenvalue weighted by Crippen LogP contribution is 2.29. The molecule has 0 heterocycles. The highest BCUT2D eigenvalue weighted by atomic mass is 35.5. The third-order valence-corrected chi connectivity index (χ3v) is 8.99. The Bertz CT molecular complexity index is 1440. The molecular formula is C30H35Cl2N3O5S. The Morgan fingerprint density at radius 3 is 2.05 bits per heavy atom. The van der Waals surface area contributed by atoms with E-state index in [9.17, 15) is 18.0 Å². The normalized spacial score (nSPS) is 12.1. The quantitative estimate of drug-likeness (QED) is 0.281. The second-order valence-electron chi connectivity index (χ2n) is 10.1. The third-order valence-electron chi connectivity index (χ3n) is 6.49. The molecule has 0 aromatic heterocycles. The van der Waals surface area contributed by atoms with Gasteiger partial charge in [0.2, 0.25) is 11.8 Å². The number of nitrogens with zero attached hydrogens (tertiary/aromatic N) is 2. The van der Waals surface area contributed by atoms with Gasteiger partial charge in [-0.3, -0.25) is 13.9 Å². The smallest absolute Gasteiger partial charge is 0.264 e. The summed E-state index contributed by atoms with van der Waals surface area (Å²) in [6, 6.07) is 16.7. The summed E-state index contributed by atoms with van der Waals surface area (Å²) >= 11 is 12.8. The van der Waals surface area contributed by atoms with Crippen LogP contribution in [-0.2, 0) is 26.2 Å². The predicted molar refractivity (Wildman–Crippen MR) is 163 cm³/mol. The van der Waals surface area contributed by atoms with Crippen LogP contribution < -0.4 is 14.4 Å². The van der Waals surface area contributed by atoms with Gasteiger partial charge in [-0.2, -0.15) is 0 Å². The maximum Gasteiger partial charge on any atom is 0.264 e. The van der Waals surface area contributed by atoms with Crippen LogP contribution in [0.2, 0.25) is 10.0 Å². The first-order valence-corrected chi connectivity index (χ1v) is 15.3. The van der Waals surface area contributed by atoms with Crippen LogP contribution in [-0.4, -0.2) is 51.4 Å². The molecule has 8 nitrogen and oxygen atoms in total. The fraction of sp³-hybridized carbons (Fsp3) is 0.333. The van der Waals surface area contributed by atoms with Gasteiger partial charge < -0.3 is 15.0 Å². The average Bonchev–Trinajstić information content (AvgIpc) is 2.94. The molecule has 0 saturated carbocycles. The molecule has 0 unspecified atom stereocenters. The summed E-state index contributed by atoms with van der Waals surface area (Å²) in [5.41, 5.74) is 1.59. The van der Waals surface area contributed by atoms with Gasteiger partial charge in [0.15, 0.2) is 0 Å². The largest absolute Gasteiger partial charge is 0.497 e. The Labute approximate surface area is 252 Å². The standard InChI is InChI=1S/C30H35Cl2N3O5S/c1-20(2)17-33-30(37)22(4)34(18-26-27(31)7-6-8-28(26)32)29(36)19-35(23-11-13-24(40-5)14-12-23)41(38,39)25-15-9-21(3)10-16-25/h6-16,20,22H,17-19H2,1-5H3,(H,33,37)/t22-/m0/s1. The molecule has 0 saturated heterocycles. The molecule has 1 N–H and O–H groups in total. The number of carbonyl (C=O) groups excluding carboxylic acids is 2. The van der Waals surface area contributed by atoms with E-state index >= 15 is 0 Å². The molecule has 3 rings (SSSR count). The second-order valence-corrected chi connectivity index (χ2v) is 12.7. The van der Waals surface area contributed by atoms with E-state index < -0.39 is 28.5 Å². The van der Waals surface area contributed by atoms with Gasteiger partial charge in [-0.15, -0.1) is 0 Å². The number of halogens is 2.